The van der Waals surface area contributed by atoms with Gasteiger partial charge in [-0.25, -0.2) is 0 Å². The van der Waals surface area contributed by atoms with Gasteiger partial charge in [0.15, 0.2) is 0 Å². The third-order valence-electron chi connectivity index (χ3n) is 4.40. The van der Waals surface area contributed by atoms with Gasteiger partial charge in [0.05, 0.1) is 12.2 Å². The van der Waals surface area contributed by atoms with Gasteiger partial charge in [0, 0.05) is 6.54 Å². The summed E-state index contributed by atoms with van der Waals surface area (Å²) in [6.07, 6.45) is 9.29. The van der Waals surface area contributed by atoms with Crippen molar-refractivity contribution in [2.24, 2.45) is 5.92 Å². The number of hydrogen-bond donors (Lipinski definition) is 1. The Morgan fingerprint density at radius 3 is 2.59 bits per heavy atom. The van der Waals surface area contributed by atoms with Gasteiger partial charge >= 0.3 is 0 Å². The van der Waals surface area contributed by atoms with Gasteiger partial charge in [0.25, 0.3) is 0 Å². The van der Waals surface area contributed by atoms with Gasteiger partial charge in [-0.2, -0.15) is 0 Å². The fraction of sp³-hybridized carbons (Fsp3) is 0.929. The van der Waals surface area contributed by atoms with Crippen molar-refractivity contribution < 1.29 is 4.79 Å². The van der Waals surface area contributed by atoms with Crippen molar-refractivity contribution in [3.63, 3.8) is 0 Å². The summed E-state index contributed by atoms with van der Waals surface area (Å²) in [6, 6.07) is 0.0661. The first-order chi connectivity index (χ1) is 8.22. The maximum absolute atomic E-state index is 12.1. The Morgan fingerprint density at radius 1 is 1.29 bits per heavy atom. The molecule has 0 radical (unpaired) electrons. The van der Waals surface area contributed by atoms with E-state index in [1.54, 1.807) is 0 Å². The molecule has 2 aliphatic rings. The topological polar surface area (TPSA) is 32.3 Å². The highest BCUT2D eigenvalue weighted by molar-refractivity contribution is 5.84. The van der Waals surface area contributed by atoms with Crippen molar-refractivity contribution in [1.29, 1.82) is 0 Å². The highest BCUT2D eigenvalue weighted by Crippen LogP contribution is 2.27. The maximum atomic E-state index is 12.1. The molecule has 1 aliphatic carbocycles. The van der Waals surface area contributed by atoms with Crippen LogP contribution in [0.1, 0.15) is 58.8 Å². The highest BCUT2D eigenvalue weighted by atomic mass is 16.2. The number of carbonyl (C=O) groups is 1. The number of carbonyl (C=O) groups excluding carboxylic acids is 1. The van der Waals surface area contributed by atoms with E-state index in [2.05, 4.69) is 19.2 Å². The summed E-state index contributed by atoms with van der Waals surface area (Å²) in [6.45, 7) is 5.13. The van der Waals surface area contributed by atoms with Gasteiger partial charge in [-0.1, -0.05) is 39.0 Å². The predicted molar refractivity (Wildman–Crippen MR) is 69.6 cm³/mol. The Bertz CT molecular complexity index is 261. The van der Waals surface area contributed by atoms with Gasteiger partial charge in [-0.05, 0) is 25.7 Å². The van der Waals surface area contributed by atoms with E-state index in [4.69, 9.17) is 0 Å². The van der Waals surface area contributed by atoms with Crippen LogP contribution in [0, 0.1) is 5.92 Å². The molecule has 0 bridgehead atoms. The molecule has 2 atom stereocenters. The molecule has 0 spiro atoms. The van der Waals surface area contributed by atoms with Crippen LogP contribution in [-0.4, -0.2) is 29.6 Å². The largest absolute Gasteiger partial charge is 0.326 e. The first-order valence-electron chi connectivity index (χ1n) is 7.29. The number of nitrogens with one attached hydrogen (secondary N) is 1. The molecule has 98 valence electrons. The standard InChI is InChI=1S/C14H26N2O/c1-3-13-14(17)16(11(2)15-13)10-9-12-7-5-4-6-8-12/h11-13,15H,3-10H2,1-2H3. The van der Waals surface area contributed by atoms with Gasteiger partial charge in [0.2, 0.25) is 5.91 Å². The van der Waals surface area contributed by atoms with Crippen molar-refractivity contribution in [3.8, 4) is 0 Å². The van der Waals surface area contributed by atoms with Gasteiger partial charge < -0.3 is 4.90 Å². The molecule has 2 unspecified atom stereocenters. The quantitative estimate of drug-likeness (QED) is 0.816. The van der Waals surface area contributed by atoms with Crippen molar-refractivity contribution in [3.05, 3.63) is 0 Å². The summed E-state index contributed by atoms with van der Waals surface area (Å²) in [5, 5.41) is 3.37. The molecule has 0 aromatic heterocycles. The molecule has 1 saturated carbocycles. The Morgan fingerprint density at radius 2 is 2.00 bits per heavy atom. The van der Waals surface area contributed by atoms with E-state index < -0.39 is 0 Å². The van der Waals surface area contributed by atoms with Gasteiger partial charge in [-0.3, -0.25) is 10.1 Å². The smallest absolute Gasteiger partial charge is 0.240 e. The summed E-state index contributed by atoms with van der Waals surface area (Å²) in [5.41, 5.74) is 0. The highest BCUT2D eigenvalue weighted by Gasteiger charge is 2.34. The minimum Gasteiger partial charge on any atom is -0.326 e. The number of amides is 1. The average molecular weight is 238 g/mol. The van der Waals surface area contributed by atoms with Crippen LogP contribution in [0.5, 0.6) is 0 Å². The molecule has 2 fully saturated rings. The lowest BCUT2D eigenvalue weighted by Gasteiger charge is -2.26. The third-order valence-corrected chi connectivity index (χ3v) is 4.40. The zero-order valence-electron chi connectivity index (χ0n) is 11.2. The zero-order valence-corrected chi connectivity index (χ0v) is 11.2. The van der Waals surface area contributed by atoms with Crippen molar-refractivity contribution >= 4 is 5.91 Å². The lowest BCUT2D eigenvalue weighted by atomic mass is 9.87. The van der Waals surface area contributed by atoms with E-state index in [1.807, 2.05) is 4.90 Å². The normalized spacial score (nSPS) is 31.2. The Labute approximate surface area is 105 Å². The van der Waals surface area contributed by atoms with Crippen LogP contribution in [-0.2, 0) is 4.79 Å². The van der Waals surface area contributed by atoms with E-state index in [0.717, 1.165) is 18.9 Å². The first kappa shape index (κ1) is 12.9. The molecule has 3 nitrogen and oxygen atoms in total. The van der Waals surface area contributed by atoms with Crippen LogP contribution in [0.3, 0.4) is 0 Å². The van der Waals surface area contributed by atoms with Crippen molar-refractivity contribution in [2.75, 3.05) is 6.54 Å². The van der Waals surface area contributed by atoms with Crippen molar-refractivity contribution in [1.82, 2.24) is 10.2 Å². The molecule has 1 amide bonds. The molecule has 2 rings (SSSR count). The lowest BCUT2D eigenvalue weighted by Crippen LogP contribution is -2.36. The van der Waals surface area contributed by atoms with Gasteiger partial charge in [-0.15, -0.1) is 0 Å². The summed E-state index contributed by atoms with van der Waals surface area (Å²) in [4.78, 5) is 14.1. The number of nitrogens with zero attached hydrogens (tertiary/aromatic N) is 1. The number of hydrogen-bond acceptors (Lipinski definition) is 2. The summed E-state index contributed by atoms with van der Waals surface area (Å²) < 4.78 is 0. The lowest BCUT2D eigenvalue weighted by molar-refractivity contribution is -0.130. The van der Waals surface area contributed by atoms with Crippen LogP contribution < -0.4 is 5.32 Å². The van der Waals surface area contributed by atoms with E-state index >= 15 is 0 Å². The second-order valence-corrected chi connectivity index (χ2v) is 5.63. The molecular weight excluding hydrogens is 212 g/mol. The minimum atomic E-state index is 0.0661. The third kappa shape index (κ3) is 3.01. The Hall–Kier alpha value is -0.570. The molecule has 1 heterocycles. The van der Waals surface area contributed by atoms with Crippen LogP contribution in [0.25, 0.3) is 0 Å². The Kier molecular flexibility index (Phi) is 4.43. The molecule has 0 aromatic carbocycles. The second-order valence-electron chi connectivity index (χ2n) is 5.63. The van der Waals surface area contributed by atoms with Crippen LogP contribution in [0.4, 0.5) is 0 Å². The minimum absolute atomic E-state index is 0.0661. The molecule has 1 saturated heterocycles. The molecular formula is C14H26N2O. The van der Waals surface area contributed by atoms with E-state index in [0.29, 0.717) is 5.91 Å². The van der Waals surface area contributed by atoms with E-state index in [-0.39, 0.29) is 12.2 Å². The molecule has 1 N–H and O–H groups in total. The number of rotatable bonds is 4. The Balaban J connectivity index is 1.79. The van der Waals surface area contributed by atoms with Crippen LogP contribution >= 0.6 is 0 Å². The molecule has 0 aromatic rings. The average Bonchev–Trinajstić information content (AvgIpc) is 2.63. The maximum Gasteiger partial charge on any atom is 0.240 e. The molecule has 1 aliphatic heterocycles. The second kappa shape index (κ2) is 5.85. The molecule has 17 heavy (non-hydrogen) atoms. The zero-order chi connectivity index (χ0) is 12.3. The predicted octanol–water partition coefficient (Wildman–Crippen LogP) is 2.51. The first-order valence-corrected chi connectivity index (χ1v) is 7.29. The monoisotopic (exact) mass is 238 g/mol. The van der Waals surface area contributed by atoms with Crippen LogP contribution in [0.2, 0.25) is 0 Å². The van der Waals surface area contributed by atoms with Crippen LogP contribution in [0.15, 0.2) is 0 Å². The van der Waals surface area contributed by atoms with E-state index in [1.165, 1.54) is 38.5 Å². The van der Waals surface area contributed by atoms with Crippen molar-refractivity contribution in [2.45, 2.75) is 71.0 Å². The summed E-state index contributed by atoms with van der Waals surface area (Å²) in [5.74, 6) is 1.18. The fourth-order valence-electron chi connectivity index (χ4n) is 3.24. The van der Waals surface area contributed by atoms with Gasteiger partial charge in [0.1, 0.15) is 0 Å². The summed E-state index contributed by atoms with van der Waals surface area (Å²) in [7, 11) is 0. The van der Waals surface area contributed by atoms with E-state index in [9.17, 15) is 4.79 Å². The molecule has 3 heteroatoms. The fourth-order valence-corrected chi connectivity index (χ4v) is 3.24. The SMILES string of the molecule is CCC1NC(C)N(CCC2CCCCC2)C1=O. The summed E-state index contributed by atoms with van der Waals surface area (Å²) >= 11 is 0.